The van der Waals surface area contributed by atoms with Gasteiger partial charge in [0.1, 0.15) is 11.5 Å². The Morgan fingerprint density at radius 3 is 1.68 bits per heavy atom. The largest absolute Gasteiger partial charge is 0.497 e. The molecule has 0 saturated heterocycles. The molecule has 3 nitrogen and oxygen atoms in total. The van der Waals surface area contributed by atoms with Gasteiger partial charge < -0.3 is 15.6 Å². The number of benzene rings is 2. The lowest BCUT2D eigenvalue weighted by atomic mass is 10.0. The summed E-state index contributed by atoms with van der Waals surface area (Å²) in [6.07, 6.45) is 0. The first-order valence-corrected chi connectivity index (χ1v) is 7.56. The van der Waals surface area contributed by atoms with E-state index in [0.717, 1.165) is 11.5 Å². The quantitative estimate of drug-likeness (QED) is 0.714. The highest BCUT2D eigenvalue weighted by Gasteiger charge is 2.09. The van der Waals surface area contributed by atoms with Gasteiger partial charge in [-0.3, -0.25) is 0 Å². The molecule has 114 valence electrons. The normalized spacial score (nSPS) is 9.91. The molecule has 3 rings (SSSR count). The van der Waals surface area contributed by atoms with Gasteiger partial charge in [-0.1, -0.05) is 12.1 Å². The van der Waals surface area contributed by atoms with Gasteiger partial charge in [-0.25, -0.2) is 0 Å². The minimum absolute atomic E-state index is 0. The second kappa shape index (κ2) is 7.11. The van der Waals surface area contributed by atoms with Crippen molar-refractivity contribution in [3.63, 3.8) is 0 Å². The van der Waals surface area contributed by atoms with Gasteiger partial charge in [0.2, 0.25) is 0 Å². The summed E-state index contributed by atoms with van der Waals surface area (Å²) >= 11 is 1.75. The van der Waals surface area contributed by atoms with Crippen molar-refractivity contribution in [1.29, 1.82) is 0 Å². The van der Waals surface area contributed by atoms with Crippen molar-refractivity contribution in [2.24, 2.45) is 0 Å². The Kier molecular flexibility index (Phi) is 5.20. The first-order chi connectivity index (χ1) is 10.3. The number of thiophene rings is 1. The highest BCUT2D eigenvalue weighted by atomic mass is 32.1. The van der Waals surface area contributed by atoms with Gasteiger partial charge >= 0.3 is 0 Å². The summed E-state index contributed by atoms with van der Waals surface area (Å²) < 4.78 is 10.4. The molecule has 0 aliphatic carbocycles. The summed E-state index contributed by atoms with van der Waals surface area (Å²) in [5.41, 5.74) is 3.65. The van der Waals surface area contributed by atoms with Crippen molar-refractivity contribution in [1.82, 2.24) is 6.15 Å². The maximum absolute atomic E-state index is 5.22. The number of ether oxygens (including phenoxy) is 2. The maximum Gasteiger partial charge on any atom is 0.118 e. The summed E-state index contributed by atoms with van der Waals surface area (Å²) in [6, 6.07) is 18.5. The fourth-order valence-corrected chi connectivity index (χ4v) is 3.20. The predicted octanol–water partition coefficient (Wildman–Crippen LogP) is 5.26. The number of rotatable bonds is 4. The van der Waals surface area contributed by atoms with Crippen molar-refractivity contribution in [3.05, 3.63) is 60.0 Å². The molecule has 0 radical (unpaired) electrons. The average molecular weight is 313 g/mol. The highest BCUT2D eigenvalue weighted by molar-refractivity contribution is 7.14. The van der Waals surface area contributed by atoms with Gasteiger partial charge in [0, 0.05) is 10.4 Å². The molecule has 0 saturated carbocycles. The van der Waals surface area contributed by atoms with E-state index >= 15 is 0 Å². The van der Waals surface area contributed by atoms with Gasteiger partial charge in [0.05, 0.1) is 14.2 Å². The van der Waals surface area contributed by atoms with Crippen molar-refractivity contribution in [2.75, 3.05) is 14.2 Å². The van der Waals surface area contributed by atoms with Crippen LogP contribution in [0.2, 0.25) is 0 Å². The molecule has 0 fully saturated rings. The van der Waals surface area contributed by atoms with Crippen LogP contribution in [0.25, 0.3) is 21.6 Å². The summed E-state index contributed by atoms with van der Waals surface area (Å²) in [5.74, 6) is 1.75. The minimum Gasteiger partial charge on any atom is -0.497 e. The van der Waals surface area contributed by atoms with E-state index in [0.29, 0.717) is 0 Å². The zero-order chi connectivity index (χ0) is 14.7. The van der Waals surface area contributed by atoms with E-state index < -0.39 is 0 Å². The highest BCUT2D eigenvalue weighted by Crippen LogP contribution is 2.37. The van der Waals surface area contributed by atoms with Crippen LogP contribution in [-0.2, 0) is 0 Å². The Balaban J connectivity index is 0.00000176. The molecule has 0 spiro atoms. The van der Waals surface area contributed by atoms with E-state index in [2.05, 4.69) is 35.7 Å². The Bertz CT molecular complexity index is 656. The lowest BCUT2D eigenvalue weighted by Gasteiger charge is -2.07. The number of methoxy groups -OCH3 is 2. The fraction of sp³-hybridized carbons (Fsp3) is 0.111. The maximum atomic E-state index is 5.22. The molecule has 3 aromatic rings. The van der Waals surface area contributed by atoms with E-state index in [1.165, 1.54) is 21.6 Å². The third kappa shape index (κ3) is 3.13. The third-order valence-corrected chi connectivity index (χ3v) is 4.38. The second-order valence-corrected chi connectivity index (χ2v) is 5.54. The Morgan fingerprint density at radius 2 is 1.18 bits per heavy atom. The van der Waals surface area contributed by atoms with E-state index in [1.54, 1.807) is 25.6 Å². The van der Waals surface area contributed by atoms with Gasteiger partial charge in [-0.15, -0.1) is 11.3 Å². The lowest BCUT2D eigenvalue weighted by molar-refractivity contribution is 0.414. The van der Waals surface area contributed by atoms with Crippen molar-refractivity contribution < 1.29 is 9.47 Å². The van der Waals surface area contributed by atoms with Crippen molar-refractivity contribution in [2.45, 2.75) is 0 Å². The van der Waals surface area contributed by atoms with Crippen LogP contribution in [0.15, 0.2) is 60.0 Å². The molecular weight excluding hydrogens is 294 g/mol. The first kappa shape index (κ1) is 16.1. The van der Waals surface area contributed by atoms with Crippen molar-refractivity contribution >= 4 is 11.3 Å². The van der Waals surface area contributed by atoms with Crippen LogP contribution in [-0.4, -0.2) is 14.2 Å². The van der Waals surface area contributed by atoms with Crippen LogP contribution >= 0.6 is 11.3 Å². The Morgan fingerprint density at radius 1 is 0.682 bits per heavy atom. The van der Waals surface area contributed by atoms with Crippen LogP contribution < -0.4 is 15.6 Å². The van der Waals surface area contributed by atoms with E-state index in [4.69, 9.17) is 9.47 Å². The smallest absolute Gasteiger partial charge is 0.118 e. The third-order valence-electron chi connectivity index (χ3n) is 3.42. The molecule has 0 amide bonds. The molecule has 2 aromatic carbocycles. The molecule has 1 heterocycles. The number of hydrogen-bond acceptors (Lipinski definition) is 4. The summed E-state index contributed by atoms with van der Waals surface area (Å²) in [5, 5.41) is 2.12. The summed E-state index contributed by atoms with van der Waals surface area (Å²) in [4.78, 5) is 1.27. The van der Waals surface area contributed by atoms with Crippen LogP contribution in [0.4, 0.5) is 0 Å². The monoisotopic (exact) mass is 313 g/mol. The molecule has 4 heteroatoms. The van der Waals surface area contributed by atoms with E-state index in [1.807, 2.05) is 24.3 Å². The van der Waals surface area contributed by atoms with Gasteiger partial charge in [0.15, 0.2) is 0 Å². The molecule has 0 aliphatic heterocycles. The van der Waals surface area contributed by atoms with Crippen LogP contribution in [0, 0.1) is 0 Å². The first-order valence-electron chi connectivity index (χ1n) is 6.68. The lowest BCUT2D eigenvalue weighted by Crippen LogP contribution is -1.84. The SMILES string of the molecule is COc1ccc(-c2ccsc2-c2ccc(OC)cc2)cc1.N. The Hall–Kier alpha value is -2.30. The fourth-order valence-electron chi connectivity index (χ4n) is 2.27. The second-order valence-electron chi connectivity index (χ2n) is 4.62. The molecule has 0 unspecified atom stereocenters. The average Bonchev–Trinajstić information content (AvgIpc) is 3.04. The summed E-state index contributed by atoms with van der Waals surface area (Å²) in [6.45, 7) is 0. The van der Waals surface area contributed by atoms with Crippen molar-refractivity contribution in [3.8, 4) is 33.1 Å². The minimum atomic E-state index is 0. The van der Waals surface area contributed by atoms with E-state index in [-0.39, 0.29) is 6.15 Å². The molecule has 0 aliphatic rings. The molecule has 0 atom stereocenters. The van der Waals surface area contributed by atoms with Crippen LogP contribution in [0.5, 0.6) is 11.5 Å². The standard InChI is InChI=1S/C18H16O2S.H3N/c1-19-15-7-3-13(4-8-15)17-11-12-21-18(17)14-5-9-16(20-2)10-6-14;/h3-12H,1-2H3;1H3. The van der Waals surface area contributed by atoms with Gasteiger partial charge in [-0.2, -0.15) is 0 Å². The zero-order valence-corrected chi connectivity index (χ0v) is 13.5. The van der Waals surface area contributed by atoms with Gasteiger partial charge in [0.25, 0.3) is 0 Å². The molecule has 0 bridgehead atoms. The predicted molar refractivity (Wildman–Crippen MR) is 93.3 cm³/mol. The van der Waals surface area contributed by atoms with Gasteiger partial charge in [-0.05, 0) is 59.0 Å². The molecular formula is C18H19NO2S. The molecule has 1 aromatic heterocycles. The topological polar surface area (TPSA) is 53.5 Å². The zero-order valence-electron chi connectivity index (χ0n) is 12.7. The Labute approximate surface area is 134 Å². The molecule has 22 heavy (non-hydrogen) atoms. The number of hydrogen-bond donors (Lipinski definition) is 1. The van der Waals surface area contributed by atoms with E-state index in [9.17, 15) is 0 Å². The molecule has 3 N–H and O–H groups in total. The summed E-state index contributed by atoms with van der Waals surface area (Å²) in [7, 11) is 3.37. The van der Waals surface area contributed by atoms with Crippen LogP contribution in [0.3, 0.4) is 0 Å². The van der Waals surface area contributed by atoms with Crippen LogP contribution in [0.1, 0.15) is 0 Å².